The zero-order chi connectivity index (χ0) is 18.5. The predicted octanol–water partition coefficient (Wildman–Crippen LogP) is 2.27. The molecule has 1 amide bonds. The van der Waals surface area contributed by atoms with Crippen LogP contribution >= 0.6 is 0 Å². The van der Waals surface area contributed by atoms with Crippen LogP contribution in [0.3, 0.4) is 0 Å². The normalized spacial score (nSPS) is 12.2. The summed E-state index contributed by atoms with van der Waals surface area (Å²) in [7, 11) is 9.17. The van der Waals surface area contributed by atoms with Crippen LogP contribution in [0.5, 0.6) is 0 Å². The summed E-state index contributed by atoms with van der Waals surface area (Å²) in [5.41, 5.74) is 7.09. The van der Waals surface area contributed by atoms with Crippen molar-refractivity contribution in [1.29, 1.82) is 0 Å². The lowest BCUT2D eigenvalue weighted by Crippen LogP contribution is -2.35. The first-order valence-corrected chi connectivity index (χ1v) is 7.79. The summed E-state index contributed by atoms with van der Waals surface area (Å²) in [4.78, 5) is 17.6. The maximum atomic E-state index is 13.3. The summed E-state index contributed by atoms with van der Waals surface area (Å²) >= 11 is 0. The lowest BCUT2D eigenvalue weighted by Gasteiger charge is -2.24. The number of benzene rings is 1. The number of hydrogen-bond donors (Lipinski definition) is 1. The summed E-state index contributed by atoms with van der Waals surface area (Å²) in [5.74, 6) is -0.478. The molecule has 0 bridgehead atoms. The van der Waals surface area contributed by atoms with Gasteiger partial charge in [0.05, 0.1) is 0 Å². The van der Waals surface area contributed by atoms with E-state index in [1.54, 1.807) is 14.1 Å². The highest BCUT2D eigenvalue weighted by Crippen LogP contribution is 2.15. The lowest BCUT2D eigenvalue weighted by atomic mass is 9.86. The lowest BCUT2D eigenvalue weighted by molar-refractivity contribution is 0.0298. The Morgan fingerprint density at radius 2 is 2.04 bits per heavy atom. The molecule has 0 saturated carbocycles. The van der Waals surface area contributed by atoms with Crippen molar-refractivity contribution in [1.82, 2.24) is 4.90 Å². The van der Waals surface area contributed by atoms with E-state index in [9.17, 15) is 9.18 Å². The van der Waals surface area contributed by atoms with Crippen molar-refractivity contribution in [2.75, 3.05) is 26.4 Å². The van der Waals surface area contributed by atoms with Gasteiger partial charge in [-0.05, 0) is 45.7 Å². The molecule has 0 atom stereocenters. The maximum Gasteiger partial charge on any atom is 0.410 e. The van der Waals surface area contributed by atoms with E-state index in [1.807, 2.05) is 20.8 Å². The minimum Gasteiger partial charge on any atom is -0.444 e. The molecule has 2 radical (unpaired) electrons. The van der Waals surface area contributed by atoms with Gasteiger partial charge in [0.25, 0.3) is 0 Å². The molecule has 0 spiro atoms. The van der Waals surface area contributed by atoms with Crippen molar-refractivity contribution in [3.05, 3.63) is 23.5 Å². The molecule has 0 heterocycles. The molecule has 0 aliphatic carbocycles. The number of carbonyl (C=O) groups excluding carboxylic acids is 1. The SMILES string of the molecule is [B]c1cc(F)cc(N)c1C(CCCN(C)C(=O)OC(C)(C)C)=NC. The number of aliphatic imine (C=N–C) groups is 1. The fraction of sp³-hybridized carbons (Fsp3) is 0.529. The molecule has 0 fully saturated rings. The molecular weight excluding hydrogens is 308 g/mol. The van der Waals surface area contributed by atoms with Crippen LogP contribution < -0.4 is 11.2 Å². The molecule has 0 aliphatic heterocycles. The second kappa shape index (κ2) is 8.17. The molecule has 24 heavy (non-hydrogen) atoms. The fourth-order valence-electron chi connectivity index (χ4n) is 2.25. The van der Waals surface area contributed by atoms with Gasteiger partial charge in [-0.25, -0.2) is 9.18 Å². The molecule has 0 aromatic heterocycles. The van der Waals surface area contributed by atoms with Crippen LogP contribution in [0, 0.1) is 5.82 Å². The number of nitrogen functional groups attached to an aromatic ring is 1. The maximum absolute atomic E-state index is 13.3. The zero-order valence-corrected chi connectivity index (χ0v) is 15.0. The van der Waals surface area contributed by atoms with Crippen molar-refractivity contribution < 1.29 is 13.9 Å². The van der Waals surface area contributed by atoms with Crippen LogP contribution in [0.1, 0.15) is 39.2 Å². The molecule has 1 rings (SSSR count). The third kappa shape index (κ3) is 5.87. The molecule has 7 heteroatoms. The molecule has 1 aromatic rings. The Hall–Kier alpha value is -2.05. The van der Waals surface area contributed by atoms with Gasteiger partial charge in [-0.1, -0.05) is 5.46 Å². The van der Waals surface area contributed by atoms with Gasteiger partial charge in [-0.3, -0.25) is 4.99 Å². The molecular formula is C17H25BFN3O2. The minimum absolute atomic E-state index is 0.258. The van der Waals surface area contributed by atoms with Crippen molar-refractivity contribution in [2.24, 2.45) is 4.99 Å². The van der Waals surface area contributed by atoms with E-state index in [0.717, 1.165) is 0 Å². The van der Waals surface area contributed by atoms with Crippen molar-refractivity contribution in [3.63, 3.8) is 0 Å². The van der Waals surface area contributed by atoms with Crippen molar-refractivity contribution in [3.8, 4) is 0 Å². The molecule has 5 nitrogen and oxygen atoms in total. The first-order chi connectivity index (χ1) is 11.0. The van der Waals surface area contributed by atoms with Crippen molar-refractivity contribution >= 4 is 30.8 Å². The summed E-state index contributed by atoms with van der Waals surface area (Å²) in [6, 6.07) is 2.45. The van der Waals surface area contributed by atoms with Gasteiger partial charge in [0.1, 0.15) is 19.3 Å². The largest absolute Gasteiger partial charge is 0.444 e. The first-order valence-electron chi connectivity index (χ1n) is 7.79. The Balaban J connectivity index is 2.68. The summed E-state index contributed by atoms with van der Waals surface area (Å²) in [5, 5.41) is 0. The van der Waals surface area contributed by atoms with Gasteiger partial charge in [0, 0.05) is 37.6 Å². The Morgan fingerprint density at radius 1 is 1.42 bits per heavy atom. The van der Waals surface area contributed by atoms with Crippen LogP contribution in [-0.4, -0.2) is 50.8 Å². The number of ether oxygens (including phenoxy) is 1. The Morgan fingerprint density at radius 3 is 2.54 bits per heavy atom. The van der Waals surface area contributed by atoms with Gasteiger partial charge in [-0.15, -0.1) is 0 Å². The molecule has 0 aliphatic rings. The van der Waals surface area contributed by atoms with Crippen LogP contribution in [0.4, 0.5) is 14.9 Å². The Bertz CT molecular complexity index is 604. The van der Waals surface area contributed by atoms with Gasteiger partial charge in [0.15, 0.2) is 0 Å². The topological polar surface area (TPSA) is 67.9 Å². The summed E-state index contributed by atoms with van der Waals surface area (Å²) in [6.07, 6.45) is 0.834. The van der Waals surface area contributed by atoms with E-state index >= 15 is 0 Å². The standard InChI is InChI=1S/C17H25BFN3O2/c1-17(2,3)24-16(23)22(5)8-6-7-14(21-4)15-12(18)9-11(19)10-13(15)20/h9-10H,6-8,20H2,1-5H3. The highest BCUT2D eigenvalue weighted by atomic mass is 19.1. The quantitative estimate of drug-likeness (QED) is 0.511. The first kappa shape index (κ1) is 20.0. The van der Waals surface area contributed by atoms with Crippen LogP contribution in [-0.2, 0) is 4.74 Å². The number of anilines is 1. The summed E-state index contributed by atoms with van der Waals surface area (Å²) < 4.78 is 18.6. The number of carbonyl (C=O) groups is 1. The third-order valence-electron chi connectivity index (χ3n) is 3.33. The predicted molar refractivity (Wildman–Crippen MR) is 96.8 cm³/mol. The van der Waals surface area contributed by atoms with Crippen molar-refractivity contribution in [2.45, 2.75) is 39.2 Å². The average Bonchev–Trinajstić information content (AvgIpc) is 2.42. The van der Waals surface area contributed by atoms with Gasteiger partial charge < -0.3 is 15.4 Å². The number of halogens is 1. The van der Waals surface area contributed by atoms with E-state index in [2.05, 4.69) is 4.99 Å². The Kier molecular flexibility index (Phi) is 6.81. The molecule has 0 saturated heterocycles. The van der Waals surface area contributed by atoms with E-state index in [0.29, 0.717) is 30.7 Å². The molecule has 2 N–H and O–H groups in total. The second-order valence-corrected chi connectivity index (χ2v) is 6.63. The minimum atomic E-state index is -0.529. The van der Waals surface area contributed by atoms with Gasteiger partial charge in [0.2, 0.25) is 0 Å². The van der Waals surface area contributed by atoms with Crippen LogP contribution in [0.25, 0.3) is 0 Å². The fourth-order valence-corrected chi connectivity index (χ4v) is 2.25. The Labute approximate surface area is 144 Å². The smallest absolute Gasteiger partial charge is 0.410 e. The highest BCUT2D eigenvalue weighted by molar-refractivity contribution is 6.38. The second-order valence-electron chi connectivity index (χ2n) is 6.63. The van der Waals surface area contributed by atoms with Gasteiger partial charge >= 0.3 is 6.09 Å². The number of hydrogen-bond acceptors (Lipinski definition) is 4. The van der Waals surface area contributed by atoms with E-state index in [-0.39, 0.29) is 17.2 Å². The van der Waals surface area contributed by atoms with E-state index in [1.165, 1.54) is 17.0 Å². The zero-order valence-electron chi connectivity index (χ0n) is 15.0. The van der Waals surface area contributed by atoms with Gasteiger partial charge in [-0.2, -0.15) is 0 Å². The monoisotopic (exact) mass is 333 g/mol. The number of amides is 1. The molecule has 1 aromatic carbocycles. The average molecular weight is 333 g/mol. The number of nitrogens with two attached hydrogens (primary N) is 1. The summed E-state index contributed by atoms with van der Waals surface area (Å²) in [6.45, 7) is 5.96. The van der Waals surface area contributed by atoms with Crippen LogP contribution in [0.15, 0.2) is 17.1 Å². The third-order valence-corrected chi connectivity index (χ3v) is 3.33. The van der Waals surface area contributed by atoms with E-state index < -0.39 is 11.4 Å². The number of rotatable bonds is 5. The van der Waals surface area contributed by atoms with Crippen LogP contribution in [0.2, 0.25) is 0 Å². The van der Waals surface area contributed by atoms with E-state index in [4.69, 9.17) is 18.3 Å². The molecule has 130 valence electrons. The molecule has 0 unspecified atom stereocenters. The highest BCUT2D eigenvalue weighted by Gasteiger charge is 2.19. The number of nitrogens with zero attached hydrogens (tertiary/aromatic N) is 2.